The first kappa shape index (κ1) is 14.7. The van der Waals surface area contributed by atoms with Gasteiger partial charge in [0.1, 0.15) is 6.04 Å². The van der Waals surface area contributed by atoms with Crippen molar-refractivity contribution in [2.45, 2.75) is 38.9 Å². The standard InChI is InChI=1S/C9H14F3NO3/c1-3-5(2)7(14)13-6(8(15)16)4-9(10,11)12/h5-6H,3-4H2,1-2H3,(H,13,14)(H,15,16). The van der Waals surface area contributed by atoms with E-state index in [-0.39, 0.29) is 0 Å². The maximum atomic E-state index is 12.0. The lowest BCUT2D eigenvalue weighted by Crippen LogP contribution is -2.45. The van der Waals surface area contributed by atoms with Crippen molar-refractivity contribution < 1.29 is 27.9 Å². The summed E-state index contributed by atoms with van der Waals surface area (Å²) in [7, 11) is 0. The van der Waals surface area contributed by atoms with Crippen LogP contribution in [-0.2, 0) is 9.59 Å². The molecule has 1 amide bonds. The lowest BCUT2D eigenvalue weighted by Gasteiger charge is -2.18. The van der Waals surface area contributed by atoms with Gasteiger partial charge in [0.25, 0.3) is 0 Å². The van der Waals surface area contributed by atoms with Gasteiger partial charge >= 0.3 is 12.1 Å². The SMILES string of the molecule is CCC(C)C(=O)NC(CC(F)(F)F)C(=O)O. The minimum absolute atomic E-state index is 0.435. The van der Waals surface area contributed by atoms with Crippen LogP contribution in [0.2, 0.25) is 0 Å². The molecule has 0 bridgehead atoms. The summed E-state index contributed by atoms with van der Waals surface area (Å²) in [5.41, 5.74) is 0. The number of carbonyl (C=O) groups excluding carboxylic acids is 1. The molecule has 7 heteroatoms. The molecule has 16 heavy (non-hydrogen) atoms. The Bertz CT molecular complexity index is 265. The van der Waals surface area contributed by atoms with Crippen molar-refractivity contribution in [2.75, 3.05) is 0 Å². The number of hydrogen-bond donors (Lipinski definition) is 2. The first-order valence-electron chi connectivity index (χ1n) is 4.77. The third-order valence-corrected chi connectivity index (χ3v) is 2.11. The number of carboxylic acid groups (broad SMARTS) is 1. The van der Waals surface area contributed by atoms with Gasteiger partial charge in [-0.05, 0) is 6.42 Å². The van der Waals surface area contributed by atoms with Crippen molar-refractivity contribution in [1.29, 1.82) is 0 Å². The number of amides is 1. The van der Waals surface area contributed by atoms with Crippen LogP contribution < -0.4 is 5.32 Å². The van der Waals surface area contributed by atoms with Crippen LogP contribution >= 0.6 is 0 Å². The van der Waals surface area contributed by atoms with Crippen LogP contribution in [-0.4, -0.2) is 29.2 Å². The number of alkyl halides is 3. The topological polar surface area (TPSA) is 66.4 Å². The molecule has 94 valence electrons. The largest absolute Gasteiger partial charge is 0.480 e. The molecule has 0 aromatic rings. The fourth-order valence-corrected chi connectivity index (χ4v) is 0.931. The van der Waals surface area contributed by atoms with Gasteiger partial charge in [-0.15, -0.1) is 0 Å². The Labute approximate surface area is 90.8 Å². The van der Waals surface area contributed by atoms with E-state index in [1.165, 1.54) is 6.92 Å². The Balaban J connectivity index is 4.47. The van der Waals surface area contributed by atoms with Crippen molar-refractivity contribution in [2.24, 2.45) is 5.92 Å². The fraction of sp³-hybridized carbons (Fsp3) is 0.778. The Morgan fingerprint density at radius 3 is 2.19 bits per heavy atom. The smallest absolute Gasteiger partial charge is 0.391 e. The Hall–Kier alpha value is -1.27. The molecule has 0 aliphatic rings. The highest BCUT2D eigenvalue weighted by atomic mass is 19.4. The molecule has 2 atom stereocenters. The third-order valence-electron chi connectivity index (χ3n) is 2.11. The van der Waals surface area contributed by atoms with Gasteiger partial charge in [-0.2, -0.15) is 13.2 Å². The highest BCUT2D eigenvalue weighted by Crippen LogP contribution is 2.21. The predicted molar refractivity (Wildman–Crippen MR) is 49.7 cm³/mol. The quantitative estimate of drug-likeness (QED) is 0.767. The van der Waals surface area contributed by atoms with Crippen LogP contribution in [0.1, 0.15) is 26.7 Å². The molecular weight excluding hydrogens is 227 g/mol. The van der Waals surface area contributed by atoms with E-state index in [0.29, 0.717) is 6.42 Å². The van der Waals surface area contributed by atoms with Gasteiger partial charge in [-0.1, -0.05) is 13.8 Å². The molecule has 0 saturated heterocycles. The van der Waals surface area contributed by atoms with Crippen LogP contribution in [0.4, 0.5) is 13.2 Å². The van der Waals surface area contributed by atoms with Gasteiger partial charge < -0.3 is 10.4 Å². The van der Waals surface area contributed by atoms with Crippen LogP contribution in [0.15, 0.2) is 0 Å². The van der Waals surface area contributed by atoms with Crippen LogP contribution in [0.5, 0.6) is 0 Å². The molecule has 0 rings (SSSR count). The van der Waals surface area contributed by atoms with E-state index in [1.807, 2.05) is 5.32 Å². The van der Waals surface area contributed by atoms with E-state index in [9.17, 15) is 22.8 Å². The first-order chi connectivity index (χ1) is 7.17. The Morgan fingerprint density at radius 1 is 1.38 bits per heavy atom. The number of carbonyl (C=O) groups is 2. The van der Waals surface area contributed by atoms with Gasteiger partial charge in [0.05, 0.1) is 6.42 Å². The lowest BCUT2D eigenvalue weighted by molar-refractivity contribution is -0.160. The Kier molecular flexibility index (Phi) is 5.26. The first-order valence-corrected chi connectivity index (χ1v) is 4.77. The second-order valence-corrected chi connectivity index (χ2v) is 3.53. The van der Waals surface area contributed by atoms with E-state index >= 15 is 0 Å². The highest BCUT2D eigenvalue weighted by molar-refractivity contribution is 5.84. The molecule has 0 aliphatic heterocycles. The Morgan fingerprint density at radius 2 is 1.88 bits per heavy atom. The summed E-state index contributed by atoms with van der Waals surface area (Å²) in [6, 6.07) is -1.92. The molecule has 0 heterocycles. The van der Waals surface area contributed by atoms with E-state index < -0.39 is 36.4 Å². The molecule has 0 spiro atoms. The fourth-order valence-electron chi connectivity index (χ4n) is 0.931. The van der Waals surface area contributed by atoms with Crippen LogP contribution in [0.25, 0.3) is 0 Å². The van der Waals surface area contributed by atoms with Crippen LogP contribution in [0, 0.1) is 5.92 Å². The highest BCUT2D eigenvalue weighted by Gasteiger charge is 2.36. The molecule has 0 radical (unpaired) electrons. The number of nitrogens with one attached hydrogen (secondary N) is 1. The second kappa shape index (κ2) is 5.72. The maximum absolute atomic E-state index is 12.0. The molecule has 0 aliphatic carbocycles. The van der Waals surface area contributed by atoms with Crippen molar-refractivity contribution in [3.63, 3.8) is 0 Å². The summed E-state index contributed by atoms with van der Waals surface area (Å²) in [5, 5.41) is 10.4. The number of carboxylic acids is 1. The second-order valence-electron chi connectivity index (χ2n) is 3.53. The summed E-state index contributed by atoms with van der Waals surface area (Å²) < 4.78 is 36.0. The number of halogens is 3. The minimum atomic E-state index is -4.62. The number of hydrogen-bond acceptors (Lipinski definition) is 2. The number of aliphatic carboxylic acids is 1. The summed E-state index contributed by atoms with van der Waals surface area (Å²) in [6.07, 6.45) is -5.75. The zero-order valence-electron chi connectivity index (χ0n) is 8.97. The van der Waals surface area contributed by atoms with Crippen molar-refractivity contribution in [3.8, 4) is 0 Å². The molecular formula is C9H14F3NO3. The zero-order valence-corrected chi connectivity index (χ0v) is 8.97. The van der Waals surface area contributed by atoms with Gasteiger partial charge in [0.15, 0.2) is 0 Å². The molecule has 0 aromatic heterocycles. The summed E-state index contributed by atoms with van der Waals surface area (Å²) in [6.45, 7) is 3.20. The zero-order chi connectivity index (χ0) is 12.9. The van der Waals surface area contributed by atoms with Crippen molar-refractivity contribution >= 4 is 11.9 Å². The van der Waals surface area contributed by atoms with Gasteiger partial charge in [-0.3, -0.25) is 4.79 Å². The average Bonchev–Trinajstić information content (AvgIpc) is 2.13. The van der Waals surface area contributed by atoms with Crippen LogP contribution in [0.3, 0.4) is 0 Å². The van der Waals surface area contributed by atoms with Crippen molar-refractivity contribution in [3.05, 3.63) is 0 Å². The van der Waals surface area contributed by atoms with E-state index in [0.717, 1.165) is 0 Å². The van der Waals surface area contributed by atoms with Crippen molar-refractivity contribution in [1.82, 2.24) is 5.32 Å². The summed E-state index contributed by atoms with van der Waals surface area (Å²) in [5.74, 6) is -2.87. The normalized spacial score (nSPS) is 15.3. The molecule has 0 fully saturated rings. The molecule has 0 aromatic carbocycles. The van der Waals surface area contributed by atoms with Gasteiger partial charge in [0.2, 0.25) is 5.91 Å². The molecule has 2 N–H and O–H groups in total. The molecule has 2 unspecified atom stereocenters. The van der Waals surface area contributed by atoms with E-state index in [1.54, 1.807) is 6.92 Å². The van der Waals surface area contributed by atoms with E-state index in [2.05, 4.69) is 0 Å². The molecule has 4 nitrogen and oxygen atoms in total. The monoisotopic (exact) mass is 241 g/mol. The third kappa shape index (κ3) is 5.57. The lowest BCUT2D eigenvalue weighted by atomic mass is 10.1. The maximum Gasteiger partial charge on any atom is 0.391 e. The summed E-state index contributed by atoms with van der Waals surface area (Å²) in [4.78, 5) is 21.7. The molecule has 0 saturated carbocycles. The van der Waals surface area contributed by atoms with E-state index in [4.69, 9.17) is 5.11 Å². The number of rotatable bonds is 5. The van der Waals surface area contributed by atoms with Gasteiger partial charge in [0, 0.05) is 5.92 Å². The summed E-state index contributed by atoms with van der Waals surface area (Å²) >= 11 is 0. The predicted octanol–water partition coefficient (Wildman–Crippen LogP) is 1.55. The minimum Gasteiger partial charge on any atom is -0.480 e. The van der Waals surface area contributed by atoms with Gasteiger partial charge in [-0.25, -0.2) is 4.79 Å². The average molecular weight is 241 g/mol.